The van der Waals surface area contributed by atoms with E-state index in [1.807, 2.05) is 6.07 Å². The van der Waals surface area contributed by atoms with Crippen LogP contribution in [0.3, 0.4) is 0 Å². The molecule has 0 atom stereocenters. The summed E-state index contributed by atoms with van der Waals surface area (Å²) in [5.41, 5.74) is 2.32. The van der Waals surface area contributed by atoms with Gasteiger partial charge in [-0.2, -0.15) is 0 Å². The van der Waals surface area contributed by atoms with E-state index >= 15 is 0 Å². The van der Waals surface area contributed by atoms with Crippen LogP contribution in [0.5, 0.6) is 0 Å². The summed E-state index contributed by atoms with van der Waals surface area (Å²) in [6.07, 6.45) is 2.00. The van der Waals surface area contributed by atoms with Gasteiger partial charge in [0.05, 0.1) is 17.2 Å². The number of amides is 2. The predicted molar refractivity (Wildman–Crippen MR) is 97.0 cm³/mol. The summed E-state index contributed by atoms with van der Waals surface area (Å²) in [4.78, 5) is 24.7. The highest BCUT2D eigenvalue weighted by Crippen LogP contribution is 2.24. The molecule has 0 radical (unpaired) electrons. The summed E-state index contributed by atoms with van der Waals surface area (Å²) in [5, 5.41) is 6.05. The van der Waals surface area contributed by atoms with Crippen LogP contribution >= 0.6 is 11.6 Å². The molecule has 0 heterocycles. The number of nitrogens with one attached hydrogen (secondary N) is 2. The Labute approximate surface area is 151 Å². The molecular weight excluding hydrogens is 340 g/mol. The largest absolute Gasteiger partial charge is 0.380 e. The van der Waals surface area contributed by atoms with E-state index in [4.69, 9.17) is 16.3 Å². The molecule has 130 valence electrons. The molecule has 1 aliphatic carbocycles. The lowest BCUT2D eigenvalue weighted by molar-refractivity contribution is 0.0949. The fraction of sp³-hybridized carbons (Fsp3) is 0.263. The molecule has 0 aromatic heterocycles. The summed E-state index contributed by atoms with van der Waals surface area (Å²) in [7, 11) is 1.61. The number of methoxy groups -OCH3 is 1. The fourth-order valence-corrected chi connectivity index (χ4v) is 2.64. The average Bonchev–Trinajstić information content (AvgIpc) is 3.41. The van der Waals surface area contributed by atoms with Gasteiger partial charge in [0, 0.05) is 24.4 Å². The summed E-state index contributed by atoms with van der Waals surface area (Å²) < 4.78 is 5.08. The predicted octanol–water partition coefficient (Wildman–Crippen LogP) is 3.63. The normalized spacial score (nSPS) is 13.4. The maximum absolute atomic E-state index is 12.4. The van der Waals surface area contributed by atoms with Crippen molar-refractivity contribution in [3.8, 4) is 0 Å². The van der Waals surface area contributed by atoms with E-state index in [-0.39, 0.29) is 17.9 Å². The molecule has 2 amide bonds. The van der Waals surface area contributed by atoms with Crippen molar-refractivity contribution in [1.82, 2.24) is 5.32 Å². The minimum Gasteiger partial charge on any atom is -0.380 e. The molecule has 1 aliphatic rings. The second-order valence-electron chi connectivity index (χ2n) is 6.03. The summed E-state index contributed by atoms with van der Waals surface area (Å²) >= 11 is 6.12. The van der Waals surface area contributed by atoms with Gasteiger partial charge in [0.2, 0.25) is 0 Å². The molecule has 1 fully saturated rings. The second kappa shape index (κ2) is 7.68. The molecule has 25 heavy (non-hydrogen) atoms. The van der Waals surface area contributed by atoms with Crippen LogP contribution < -0.4 is 10.6 Å². The zero-order chi connectivity index (χ0) is 17.8. The highest BCUT2D eigenvalue weighted by molar-refractivity contribution is 6.34. The topological polar surface area (TPSA) is 67.4 Å². The quantitative estimate of drug-likeness (QED) is 0.828. The Morgan fingerprint density at radius 3 is 2.68 bits per heavy atom. The van der Waals surface area contributed by atoms with Crippen molar-refractivity contribution in [3.05, 3.63) is 64.2 Å². The number of hydrogen-bond acceptors (Lipinski definition) is 3. The van der Waals surface area contributed by atoms with Crippen LogP contribution in [0.25, 0.3) is 0 Å². The van der Waals surface area contributed by atoms with Gasteiger partial charge in [0.1, 0.15) is 0 Å². The molecule has 2 N–H and O–H groups in total. The van der Waals surface area contributed by atoms with Crippen molar-refractivity contribution in [2.24, 2.45) is 0 Å². The van der Waals surface area contributed by atoms with Gasteiger partial charge in [-0.3, -0.25) is 9.59 Å². The number of benzene rings is 2. The lowest BCUT2D eigenvalue weighted by Crippen LogP contribution is -2.25. The van der Waals surface area contributed by atoms with Crippen molar-refractivity contribution in [2.75, 3.05) is 12.4 Å². The monoisotopic (exact) mass is 358 g/mol. The van der Waals surface area contributed by atoms with Crippen molar-refractivity contribution in [1.29, 1.82) is 0 Å². The van der Waals surface area contributed by atoms with Crippen molar-refractivity contribution in [3.63, 3.8) is 0 Å². The van der Waals surface area contributed by atoms with Crippen LogP contribution in [0, 0.1) is 0 Å². The van der Waals surface area contributed by atoms with Crippen LogP contribution in [0.15, 0.2) is 42.5 Å². The minimum atomic E-state index is -0.256. The van der Waals surface area contributed by atoms with E-state index in [1.165, 1.54) is 0 Å². The first-order valence-electron chi connectivity index (χ1n) is 8.06. The molecule has 0 saturated heterocycles. The Bertz CT molecular complexity index is 803. The third-order valence-corrected chi connectivity index (χ3v) is 4.21. The van der Waals surface area contributed by atoms with Gasteiger partial charge in [0.25, 0.3) is 11.8 Å². The van der Waals surface area contributed by atoms with Crippen LogP contribution in [0.1, 0.15) is 39.1 Å². The summed E-state index contributed by atoms with van der Waals surface area (Å²) in [5.74, 6) is -0.473. The molecule has 2 aromatic rings. The molecule has 0 bridgehead atoms. The Hall–Kier alpha value is -2.37. The first-order valence-corrected chi connectivity index (χ1v) is 8.44. The number of carbonyl (C=O) groups excluding carboxylic acids is 2. The van der Waals surface area contributed by atoms with E-state index < -0.39 is 0 Å². The minimum absolute atomic E-state index is 0.217. The number of carbonyl (C=O) groups is 2. The maximum Gasteiger partial charge on any atom is 0.255 e. The summed E-state index contributed by atoms with van der Waals surface area (Å²) in [6, 6.07) is 12.3. The second-order valence-corrected chi connectivity index (χ2v) is 6.44. The first kappa shape index (κ1) is 17.5. The van der Waals surface area contributed by atoms with E-state index in [0.29, 0.717) is 28.4 Å². The SMILES string of the molecule is COCc1cccc(C(=O)Nc2ccc(Cl)c(C(=O)NC3CC3)c2)c1. The van der Waals surface area contributed by atoms with E-state index in [0.717, 1.165) is 18.4 Å². The van der Waals surface area contributed by atoms with Gasteiger partial charge in [-0.1, -0.05) is 23.7 Å². The molecular formula is C19H19ClN2O3. The van der Waals surface area contributed by atoms with Crippen LogP contribution in [0.2, 0.25) is 5.02 Å². The number of halogens is 1. The van der Waals surface area contributed by atoms with Gasteiger partial charge in [-0.25, -0.2) is 0 Å². The van der Waals surface area contributed by atoms with Crippen LogP contribution in [-0.4, -0.2) is 25.0 Å². The van der Waals surface area contributed by atoms with Gasteiger partial charge in [0.15, 0.2) is 0 Å². The number of ether oxygens (including phenoxy) is 1. The smallest absolute Gasteiger partial charge is 0.255 e. The first-order chi connectivity index (χ1) is 12.1. The number of rotatable bonds is 6. The molecule has 0 spiro atoms. The van der Waals surface area contributed by atoms with Crippen LogP contribution in [-0.2, 0) is 11.3 Å². The molecule has 2 aromatic carbocycles. The lowest BCUT2D eigenvalue weighted by Gasteiger charge is -2.10. The van der Waals surface area contributed by atoms with E-state index in [1.54, 1.807) is 43.5 Å². The maximum atomic E-state index is 12.4. The van der Waals surface area contributed by atoms with Crippen molar-refractivity contribution < 1.29 is 14.3 Å². The average molecular weight is 359 g/mol. The molecule has 5 nitrogen and oxygen atoms in total. The lowest BCUT2D eigenvalue weighted by atomic mass is 10.1. The van der Waals surface area contributed by atoms with Gasteiger partial charge < -0.3 is 15.4 Å². The number of hydrogen-bond donors (Lipinski definition) is 2. The van der Waals surface area contributed by atoms with E-state index in [2.05, 4.69) is 10.6 Å². The third kappa shape index (κ3) is 4.59. The highest BCUT2D eigenvalue weighted by Gasteiger charge is 2.25. The van der Waals surface area contributed by atoms with Gasteiger partial charge >= 0.3 is 0 Å². The Kier molecular flexibility index (Phi) is 5.36. The zero-order valence-electron chi connectivity index (χ0n) is 13.8. The molecule has 3 rings (SSSR count). The standard InChI is InChI=1S/C19H19ClN2O3/c1-25-11-12-3-2-4-13(9-12)18(23)22-15-7-8-17(20)16(10-15)19(24)21-14-5-6-14/h2-4,7-10,14H,5-6,11H2,1H3,(H,21,24)(H,22,23). The summed E-state index contributed by atoms with van der Waals surface area (Å²) in [6.45, 7) is 0.438. The molecule has 6 heteroatoms. The Morgan fingerprint density at radius 2 is 1.96 bits per heavy atom. The zero-order valence-corrected chi connectivity index (χ0v) is 14.6. The molecule has 0 aliphatic heterocycles. The van der Waals surface area contributed by atoms with Gasteiger partial charge in [-0.15, -0.1) is 0 Å². The Balaban J connectivity index is 1.74. The van der Waals surface area contributed by atoms with Gasteiger partial charge in [-0.05, 0) is 48.7 Å². The van der Waals surface area contributed by atoms with Crippen molar-refractivity contribution in [2.45, 2.75) is 25.5 Å². The van der Waals surface area contributed by atoms with E-state index in [9.17, 15) is 9.59 Å². The van der Waals surface area contributed by atoms with Crippen LogP contribution in [0.4, 0.5) is 5.69 Å². The third-order valence-electron chi connectivity index (χ3n) is 3.88. The Morgan fingerprint density at radius 1 is 1.16 bits per heavy atom. The number of anilines is 1. The molecule has 0 unspecified atom stereocenters. The highest BCUT2D eigenvalue weighted by atomic mass is 35.5. The van der Waals surface area contributed by atoms with Crippen molar-refractivity contribution >= 4 is 29.1 Å². The molecule has 1 saturated carbocycles. The fourth-order valence-electron chi connectivity index (χ4n) is 2.44.